The molecule has 0 unspecified atom stereocenters. The zero-order valence-corrected chi connectivity index (χ0v) is 24.3. The molecule has 2 aromatic rings. The Morgan fingerprint density at radius 1 is 0.737 bits per heavy atom. The number of nitrogens with zero attached hydrogens (tertiary/aromatic N) is 3. The number of unbranched alkanes of at least 4 members (excludes halogenated alkanes) is 6. The van der Waals surface area contributed by atoms with Gasteiger partial charge in [-0.25, -0.2) is 9.97 Å². The lowest BCUT2D eigenvalue weighted by Gasteiger charge is -2.35. The molecule has 2 aliphatic carbocycles. The predicted molar refractivity (Wildman–Crippen MR) is 159 cm³/mol. The van der Waals surface area contributed by atoms with Crippen LogP contribution in [-0.4, -0.2) is 9.97 Å². The maximum Gasteiger partial charge on any atom is 0.159 e. The Morgan fingerprint density at radius 3 is 1.97 bits per heavy atom. The van der Waals surface area contributed by atoms with Crippen molar-refractivity contribution in [2.75, 3.05) is 0 Å². The average Bonchev–Trinajstić information content (AvgIpc) is 2.99. The Morgan fingerprint density at radius 2 is 1.34 bits per heavy atom. The van der Waals surface area contributed by atoms with E-state index >= 15 is 0 Å². The molecule has 0 saturated heterocycles. The Balaban J connectivity index is 1.23. The zero-order chi connectivity index (χ0) is 26.6. The van der Waals surface area contributed by atoms with Gasteiger partial charge < -0.3 is 0 Å². The minimum atomic E-state index is -0.0742. The second-order valence-corrected chi connectivity index (χ2v) is 12.5. The first-order valence-corrected chi connectivity index (χ1v) is 16.0. The molecule has 1 aromatic carbocycles. The highest BCUT2D eigenvalue weighted by atomic mass is 14.9. The standard InChI is InChI=1S/C35H51N3/c1-3-5-7-8-9-10-11-28-12-14-30(15-13-28)33-25-37-34(38-26-33)32-18-16-29(17-19-32)31-20-23-35(27-36,24-21-31)22-6-4-2/h16-19,25-26,28,30-31H,3-15,20-24H2,1-2H3. The van der Waals surface area contributed by atoms with Gasteiger partial charge in [0.2, 0.25) is 0 Å². The van der Waals surface area contributed by atoms with E-state index in [1.165, 1.54) is 94.6 Å². The number of rotatable bonds is 13. The summed E-state index contributed by atoms with van der Waals surface area (Å²) in [7, 11) is 0. The molecule has 3 nitrogen and oxygen atoms in total. The summed E-state index contributed by atoms with van der Waals surface area (Å²) in [5.41, 5.74) is 3.77. The number of hydrogen-bond acceptors (Lipinski definition) is 3. The van der Waals surface area contributed by atoms with E-state index in [4.69, 9.17) is 9.97 Å². The van der Waals surface area contributed by atoms with Gasteiger partial charge in [-0.15, -0.1) is 0 Å². The van der Waals surface area contributed by atoms with E-state index in [0.717, 1.165) is 49.4 Å². The molecule has 38 heavy (non-hydrogen) atoms. The third kappa shape index (κ3) is 7.91. The van der Waals surface area contributed by atoms with Gasteiger partial charge in [-0.3, -0.25) is 0 Å². The molecule has 1 aromatic heterocycles. The Labute approximate surface area is 232 Å². The largest absolute Gasteiger partial charge is 0.236 e. The van der Waals surface area contributed by atoms with E-state index in [2.05, 4.69) is 56.6 Å². The Bertz CT molecular complexity index is 971. The van der Waals surface area contributed by atoms with Crippen LogP contribution in [0.25, 0.3) is 11.4 Å². The number of aromatic nitrogens is 2. The van der Waals surface area contributed by atoms with Crippen molar-refractivity contribution >= 4 is 0 Å². The monoisotopic (exact) mass is 513 g/mol. The summed E-state index contributed by atoms with van der Waals surface area (Å²) in [5, 5.41) is 9.80. The summed E-state index contributed by atoms with van der Waals surface area (Å²) in [5.74, 6) is 2.99. The van der Waals surface area contributed by atoms with Gasteiger partial charge in [0.25, 0.3) is 0 Å². The van der Waals surface area contributed by atoms with Crippen molar-refractivity contribution in [3.63, 3.8) is 0 Å². The van der Waals surface area contributed by atoms with Gasteiger partial charge in [-0.05, 0) is 86.7 Å². The molecule has 4 rings (SSSR count). The minimum absolute atomic E-state index is 0.0742. The minimum Gasteiger partial charge on any atom is -0.236 e. The van der Waals surface area contributed by atoms with Gasteiger partial charge in [0.05, 0.1) is 11.5 Å². The van der Waals surface area contributed by atoms with Crippen LogP contribution in [-0.2, 0) is 0 Å². The van der Waals surface area contributed by atoms with Gasteiger partial charge in [-0.1, -0.05) is 95.9 Å². The van der Waals surface area contributed by atoms with E-state index in [-0.39, 0.29) is 5.41 Å². The molecule has 0 bridgehead atoms. The van der Waals surface area contributed by atoms with Crippen LogP contribution >= 0.6 is 0 Å². The van der Waals surface area contributed by atoms with Gasteiger partial charge in [0, 0.05) is 18.0 Å². The fourth-order valence-electron chi connectivity index (χ4n) is 7.04. The van der Waals surface area contributed by atoms with Gasteiger partial charge in [-0.2, -0.15) is 5.26 Å². The Hall–Kier alpha value is -2.21. The second kappa shape index (κ2) is 14.8. The van der Waals surface area contributed by atoms with Crippen LogP contribution in [0.3, 0.4) is 0 Å². The van der Waals surface area contributed by atoms with Crippen molar-refractivity contribution in [2.45, 2.75) is 141 Å². The highest BCUT2D eigenvalue weighted by molar-refractivity contribution is 5.55. The summed E-state index contributed by atoms with van der Waals surface area (Å²) in [4.78, 5) is 9.56. The van der Waals surface area contributed by atoms with Crippen LogP contribution in [0.4, 0.5) is 0 Å². The smallest absolute Gasteiger partial charge is 0.159 e. The maximum absolute atomic E-state index is 9.80. The van der Waals surface area contributed by atoms with Crippen LogP contribution in [0.2, 0.25) is 0 Å². The molecule has 0 N–H and O–H groups in total. The van der Waals surface area contributed by atoms with Gasteiger partial charge in [0.15, 0.2) is 5.82 Å². The lowest BCUT2D eigenvalue weighted by atomic mass is 9.67. The van der Waals surface area contributed by atoms with Crippen molar-refractivity contribution in [3.8, 4) is 17.5 Å². The van der Waals surface area contributed by atoms with Crippen molar-refractivity contribution < 1.29 is 0 Å². The molecule has 1 heterocycles. The fourth-order valence-corrected chi connectivity index (χ4v) is 7.04. The van der Waals surface area contributed by atoms with Crippen molar-refractivity contribution in [2.24, 2.45) is 11.3 Å². The lowest BCUT2D eigenvalue weighted by molar-refractivity contribution is 0.224. The number of nitriles is 1. The normalized spacial score (nSPS) is 25.7. The van der Waals surface area contributed by atoms with Crippen LogP contribution in [0.15, 0.2) is 36.7 Å². The Kier molecular flexibility index (Phi) is 11.2. The molecule has 0 spiro atoms. The van der Waals surface area contributed by atoms with Gasteiger partial charge >= 0.3 is 0 Å². The van der Waals surface area contributed by atoms with Crippen molar-refractivity contribution in [1.82, 2.24) is 9.97 Å². The van der Waals surface area contributed by atoms with Crippen LogP contribution in [0.1, 0.15) is 152 Å². The molecule has 3 heteroatoms. The summed E-state index contributed by atoms with van der Waals surface area (Å²) >= 11 is 0. The lowest BCUT2D eigenvalue weighted by Crippen LogP contribution is -2.25. The molecule has 0 radical (unpaired) electrons. The fraction of sp³-hybridized carbons (Fsp3) is 0.686. The number of hydrogen-bond donors (Lipinski definition) is 0. The first-order chi connectivity index (χ1) is 18.7. The maximum atomic E-state index is 9.80. The molecular formula is C35H51N3. The first-order valence-electron chi connectivity index (χ1n) is 16.0. The first kappa shape index (κ1) is 28.8. The highest BCUT2D eigenvalue weighted by Gasteiger charge is 2.35. The molecule has 0 atom stereocenters. The summed E-state index contributed by atoms with van der Waals surface area (Å²) in [6, 6.07) is 11.6. The van der Waals surface area contributed by atoms with E-state index in [1.807, 2.05) is 0 Å². The van der Waals surface area contributed by atoms with E-state index in [1.54, 1.807) is 0 Å². The summed E-state index contributed by atoms with van der Waals surface area (Å²) in [6.07, 6.45) is 27.2. The van der Waals surface area contributed by atoms with Crippen molar-refractivity contribution in [1.29, 1.82) is 5.26 Å². The third-order valence-electron chi connectivity index (χ3n) is 9.78. The van der Waals surface area contributed by atoms with E-state index < -0.39 is 0 Å². The van der Waals surface area contributed by atoms with Crippen molar-refractivity contribution in [3.05, 3.63) is 47.8 Å². The quantitative estimate of drug-likeness (QED) is 0.250. The summed E-state index contributed by atoms with van der Waals surface area (Å²) in [6.45, 7) is 4.51. The molecule has 0 amide bonds. The van der Waals surface area contributed by atoms with Crippen LogP contribution < -0.4 is 0 Å². The molecule has 2 fully saturated rings. The average molecular weight is 514 g/mol. The summed E-state index contributed by atoms with van der Waals surface area (Å²) < 4.78 is 0. The molecule has 206 valence electrons. The van der Waals surface area contributed by atoms with E-state index in [9.17, 15) is 5.26 Å². The second-order valence-electron chi connectivity index (χ2n) is 12.5. The molecular weight excluding hydrogens is 462 g/mol. The van der Waals surface area contributed by atoms with Crippen LogP contribution in [0, 0.1) is 22.7 Å². The molecule has 2 saturated carbocycles. The topological polar surface area (TPSA) is 49.6 Å². The van der Waals surface area contributed by atoms with E-state index in [0.29, 0.717) is 11.8 Å². The SMILES string of the molecule is CCCCCCCCC1CCC(c2cnc(-c3ccc(C4CCC(C#N)(CCCC)CC4)cc3)nc2)CC1. The molecule has 2 aliphatic rings. The third-order valence-corrected chi connectivity index (χ3v) is 9.78. The van der Waals surface area contributed by atoms with Crippen LogP contribution in [0.5, 0.6) is 0 Å². The predicted octanol–water partition coefficient (Wildman–Crippen LogP) is 10.5. The highest BCUT2D eigenvalue weighted by Crippen LogP contribution is 2.45. The number of benzene rings is 1. The zero-order valence-electron chi connectivity index (χ0n) is 24.3. The van der Waals surface area contributed by atoms with Gasteiger partial charge in [0.1, 0.15) is 0 Å². The molecule has 0 aliphatic heterocycles.